The van der Waals surface area contributed by atoms with Crippen molar-refractivity contribution in [3.05, 3.63) is 72.3 Å². The van der Waals surface area contributed by atoms with E-state index in [1.54, 1.807) is 0 Å². The maximum atomic E-state index is 5.85. The molecule has 0 heterocycles. The van der Waals surface area contributed by atoms with Crippen LogP contribution in [0.3, 0.4) is 0 Å². The largest absolute Gasteiger partial charge is 0.369 e. The number of hydrogen-bond donors (Lipinski definition) is 0. The van der Waals surface area contributed by atoms with Crippen LogP contribution >= 0.6 is 0 Å². The molecule has 1 atom stereocenters. The lowest BCUT2D eigenvalue weighted by atomic mass is 10.0. The van der Waals surface area contributed by atoms with Crippen molar-refractivity contribution in [3.8, 4) is 11.1 Å². The van der Waals surface area contributed by atoms with Crippen molar-refractivity contribution in [2.24, 2.45) is 0 Å². The van der Waals surface area contributed by atoms with E-state index in [1.807, 2.05) is 6.07 Å². The molecule has 0 N–H and O–H groups in total. The van der Waals surface area contributed by atoms with Crippen LogP contribution < -0.4 is 0 Å². The molecule has 1 heteroatoms. The van der Waals surface area contributed by atoms with E-state index in [0.29, 0.717) is 12.7 Å². The Balaban J connectivity index is 1.64. The van der Waals surface area contributed by atoms with Crippen LogP contribution in [-0.4, -0.2) is 6.10 Å². The van der Waals surface area contributed by atoms with Crippen molar-refractivity contribution in [2.45, 2.75) is 25.6 Å². The number of hydrogen-bond acceptors (Lipinski definition) is 1. The predicted octanol–water partition coefficient (Wildman–Crippen LogP) is 4.59. The molecule has 0 amide bonds. The fourth-order valence-electron chi connectivity index (χ4n) is 2.37. The fraction of sp³-hybridized carbons (Fsp3) is 0.222. The monoisotopic (exact) mass is 250 g/mol. The minimum absolute atomic E-state index is 0.314. The SMILES string of the molecule is C1=CC(OCc2ccc(-c3ccccc3)cc2)CC1. The van der Waals surface area contributed by atoms with Crippen LogP contribution in [0.15, 0.2) is 66.7 Å². The average molecular weight is 250 g/mol. The predicted molar refractivity (Wildman–Crippen MR) is 78.8 cm³/mol. The zero-order valence-electron chi connectivity index (χ0n) is 11.0. The first-order chi connectivity index (χ1) is 9.42. The lowest BCUT2D eigenvalue weighted by molar-refractivity contribution is 0.0721. The van der Waals surface area contributed by atoms with Crippen molar-refractivity contribution in [2.75, 3.05) is 0 Å². The number of benzene rings is 2. The van der Waals surface area contributed by atoms with Crippen LogP contribution in [0, 0.1) is 0 Å². The second-order valence-corrected chi connectivity index (χ2v) is 4.92. The molecule has 0 radical (unpaired) electrons. The van der Waals surface area contributed by atoms with Crippen molar-refractivity contribution >= 4 is 0 Å². The maximum Gasteiger partial charge on any atom is 0.0763 e. The van der Waals surface area contributed by atoms with Gasteiger partial charge in [-0.3, -0.25) is 0 Å². The Morgan fingerprint density at radius 3 is 2.32 bits per heavy atom. The van der Waals surface area contributed by atoms with E-state index >= 15 is 0 Å². The molecule has 1 nitrogen and oxygen atoms in total. The molecule has 1 unspecified atom stereocenters. The van der Waals surface area contributed by atoms with Gasteiger partial charge >= 0.3 is 0 Å². The molecule has 1 aliphatic rings. The zero-order chi connectivity index (χ0) is 12.9. The molecule has 0 saturated heterocycles. The first-order valence-electron chi connectivity index (χ1n) is 6.84. The quantitative estimate of drug-likeness (QED) is 0.721. The van der Waals surface area contributed by atoms with E-state index in [4.69, 9.17) is 4.74 Å². The minimum Gasteiger partial charge on any atom is -0.369 e. The van der Waals surface area contributed by atoms with Gasteiger partial charge in [0, 0.05) is 0 Å². The molecular formula is C18H18O. The molecule has 0 bridgehead atoms. The molecule has 0 aromatic heterocycles. The van der Waals surface area contributed by atoms with Gasteiger partial charge in [0.1, 0.15) is 0 Å². The molecule has 2 aromatic rings. The maximum absolute atomic E-state index is 5.85. The zero-order valence-corrected chi connectivity index (χ0v) is 11.0. The topological polar surface area (TPSA) is 9.23 Å². The molecule has 0 aliphatic heterocycles. The summed E-state index contributed by atoms with van der Waals surface area (Å²) in [4.78, 5) is 0. The van der Waals surface area contributed by atoms with E-state index < -0.39 is 0 Å². The third kappa shape index (κ3) is 3.12. The lowest BCUT2D eigenvalue weighted by Crippen LogP contribution is -2.05. The van der Waals surface area contributed by atoms with Crippen LogP contribution in [0.2, 0.25) is 0 Å². The van der Waals surface area contributed by atoms with Crippen LogP contribution in [0.4, 0.5) is 0 Å². The summed E-state index contributed by atoms with van der Waals surface area (Å²) in [6.07, 6.45) is 6.95. The lowest BCUT2D eigenvalue weighted by Gasteiger charge is -2.10. The van der Waals surface area contributed by atoms with Crippen molar-refractivity contribution in [3.63, 3.8) is 0 Å². The van der Waals surface area contributed by atoms with E-state index in [1.165, 1.54) is 16.7 Å². The van der Waals surface area contributed by atoms with Crippen LogP contribution in [0.5, 0.6) is 0 Å². The number of ether oxygens (including phenoxy) is 1. The molecule has 0 spiro atoms. The summed E-state index contributed by atoms with van der Waals surface area (Å²) >= 11 is 0. The normalized spacial score (nSPS) is 17.8. The summed E-state index contributed by atoms with van der Waals surface area (Å²) in [6, 6.07) is 19.1. The van der Waals surface area contributed by atoms with Crippen molar-refractivity contribution < 1.29 is 4.74 Å². The minimum atomic E-state index is 0.314. The Kier molecular flexibility index (Phi) is 3.75. The highest BCUT2D eigenvalue weighted by Gasteiger charge is 2.09. The standard InChI is InChI=1S/C18H18O/c1-2-6-16(7-3-1)17-12-10-15(11-13-17)14-19-18-8-4-5-9-18/h1-4,6-8,10-13,18H,5,9,14H2. The Bertz CT molecular complexity index is 540. The molecule has 0 fully saturated rings. The first kappa shape index (κ1) is 12.2. The summed E-state index contributed by atoms with van der Waals surface area (Å²) in [6.45, 7) is 0.698. The Labute approximate surface area is 114 Å². The van der Waals surface area contributed by atoms with Gasteiger partial charge in [-0.2, -0.15) is 0 Å². The second kappa shape index (κ2) is 5.85. The molecule has 19 heavy (non-hydrogen) atoms. The molecule has 0 saturated carbocycles. The average Bonchev–Trinajstić information content (AvgIpc) is 3.00. The van der Waals surface area contributed by atoms with Gasteiger partial charge in [0.2, 0.25) is 0 Å². The van der Waals surface area contributed by atoms with Gasteiger partial charge in [-0.25, -0.2) is 0 Å². The summed E-state index contributed by atoms with van der Waals surface area (Å²) in [5.74, 6) is 0. The summed E-state index contributed by atoms with van der Waals surface area (Å²) in [5, 5.41) is 0. The molecule has 3 rings (SSSR count). The molecule has 1 aliphatic carbocycles. The molecule has 2 aromatic carbocycles. The van der Waals surface area contributed by atoms with Crippen LogP contribution in [0.25, 0.3) is 11.1 Å². The first-order valence-corrected chi connectivity index (χ1v) is 6.84. The van der Waals surface area contributed by atoms with Gasteiger partial charge in [-0.15, -0.1) is 0 Å². The van der Waals surface area contributed by atoms with E-state index in [2.05, 4.69) is 60.7 Å². The number of allylic oxidation sites excluding steroid dienone is 1. The van der Waals surface area contributed by atoms with Gasteiger partial charge in [0.25, 0.3) is 0 Å². The summed E-state index contributed by atoms with van der Waals surface area (Å²) < 4.78 is 5.85. The molecular weight excluding hydrogens is 232 g/mol. The molecule has 96 valence electrons. The van der Waals surface area contributed by atoms with E-state index in [9.17, 15) is 0 Å². The summed E-state index contributed by atoms with van der Waals surface area (Å²) in [5.41, 5.74) is 3.75. The van der Waals surface area contributed by atoms with Crippen molar-refractivity contribution in [1.82, 2.24) is 0 Å². The van der Waals surface area contributed by atoms with Gasteiger partial charge < -0.3 is 4.74 Å². The fourth-order valence-corrected chi connectivity index (χ4v) is 2.37. The smallest absolute Gasteiger partial charge is 0.0763 e. The van der Waals surface area contributed by atoms with Gasteiger partial charge in [-0.1, -0.05) is 66.7 Å². The van der Waals surface area contributed by atoms with Crippen LogP contribution in [-0.2, 0) is 11.3 Å². The Hall–Kier alpha value is -1.86. The Morgan fingerprint density at radius 1 is 0.895 bits per heavy atom. The van der Waals surface area contributed by atoms with E-state index in [-0.39, 0.29) is 0 Å². The summed E-state index contributed by atoms with van der Waals surface area (Å²) in [7, 11) is 0. The highest BCUT2D eigenvalue weighted by atomic mass is 16.5. The second-order valence-electron chi connectivity index (χ2n) is 4.92. The van der Waals surface area contributed by atoms with Gasteiger partial charge in [-0.05, 0) is 29.5 Å². The van der Waals surface area contributed by atoms with Crippen LogP contribution in [0.1, 0.15) is 18.4 Å². The number of rotatable bonds is 4. The Morgan fingerprint density at radius 2 is 1.63 bits per heavy atom. The highest BCUT2D eigenvalue weighted by Crippen LogP contribution is 2.20. The third-order valence-electron chi connectivity index (χ3n) is 3.49. The van der Waals surface area contributed by atoms with Gasteiger partial charge in [0.15, 0.2) is 0 Å². The van der Waals surface area contributed by atoms with Gasteiger partial charge in [0.05, 0.1) is 12.7 Å². The van der Waals surface area contributed by atoms with Crippen molar-refractivity contribution in [1.29, 1.82) is 0 Å². The van der Waals surface area contributed by atoms with E-state index in [0.717, 1.165) is 12.8 Å². The highest BCUT2D eigenvalue weighted by molar-refractivity contribution is 5.63. The third-order valence-corrected chi connectivity index (χ3v) is 3.49.